The van der Waals surface area contributed by atoms with Crippen LogP contribution in [0.15, 0.2) is 34.1 Å². The molecule has 0 saturated carbocycles. The fourth-order valence-corrected chi connectivity index (χ4v) is 5.08. The van der Waals surface area contributed by atoms with E-state index in [0.29, 0.717) is 18.0 Å². The van der Waals surface area contributed by atoms with Gasteiger partial charge in [-0.2, -0.15) is 8.78 Å². The van der Waals surface area contributed by atoms with Crippen LogP contribution in [0.25, 0.3) is 0 Å². The van der Waals surface area contributed by atoms with Gasteiger partial charge >= 0.3 is 6.61 Å². The van der Waals surface area contributed by atoms with Gasteiger partial charge in [0.05, 0.1) is 27.5 Å². The number of thioether (sulfide) groups is 1. The smallest absolute Gasteiger partial charge is 0.387 e. The van der Waals surface area contributed by atoms with Gasteiger partial charge in [0, 0.05) is 6.61 Å². The van der Waals surface area contributed by atoms with Gasteiger partial charge in [-0.15, -0.1) is 0 Å². The lowest BCUT2D eigenvalue weighted by atomic mass is 9.94. The van der Waals surface area contributed by atoms with E-state index in [2.05, 4.69) is 14.8 Å². The lowest BCUT2D eigenvalue weighted by Gasteiger charge is -2.36. The highest BCUT2D eigenvalue weighted by molar-refractivity contribution is 8.14. The van der Waals surface area contributed by atoms with E-state index in [9.17, 15) is 13.6 Å². The second kappa shape index (κ2) is 7.60. The van der Waals surface area contributed by atoms with Gasteiger partial charge in [-0.05, 0) is 51.3 Å². The van der Waals surface area contributed by atoms with Gasteiger partial charge in [0.2, 0.25) is 0 Å². The molecule has 4 rings (SSSR count). The Labute approximate surface area is 171 Å². The molecular formula is C20H23F2N3O3S. The third-order valence-corrected chi connectivity index (χ3v) is 6.35. The maximum absolute atomic E-state index is 12.9. The number of nitrogens with one attached hydrogen (secondary N) is 1. The number of rotatable bonds is 4. The number of aromatic nitrogens is 2. The van der Waals surface area contributed by atoms with Gasteiger partial charge in [0.15, 0.2) is 5.82 Å². The first-order valence-electron chi connectivity index (χ1n) is 9.48. The summed E-state index contributed by atoms with van der Waals surface area (Å²) in [6.45, 7) is 3.67. The highest BCUT2D eigenvalue weighted by Crippen LogP contribution is 2.46. The summed E-state index contributed by atoms with van der Waals surface area (Å²) in [6.07, 6.45) is 1.54. The molecule has 2 aliphatic rings. The van der Waals surface area contributed by atoms with Crippen molar-refractivity contribution in [2.75, 3.05) is 6.61 Å². The van der Waals surface area contributed by atoms with Gasteiger partial charge in [-0.25, -0.2) is 4.99 Å². The van der Waals surface area contributed by atoms with Gasteiger partial charge in [0.1, 0.15) is 5.75 Å². The minimum Gasteiger partial charge on any atom is -0.435 e. The first kappa shape index (κ1) is 20.2. The summed E-state index contributed by atoms with van der Waals surface area (Å²) in [5.74, 6) is 0.681. The SMILES string of the molecule is CC1=Nc2c(c(=O)[nH]n2[C@@H]2CCOC(C)(C)C2)[C@@H](c2cccc(OC(F)F)c2)S1. The van der Waals surface area contributed by atoms with E-state index < -0.39 is 6.61 Å². The van der Waals surface area contributed by atoms with Crippen LogP contribution in [-0.2, 0) is 4.74 Å². The number of aromatic amines is 1. The Morgan fingerprint density at radius 1 is 1.41 bits per heavy atom. The van der Waals surface area contributed by atoms with Crippen molar-refractivity contribution in [2.45, 2.75) is 57.1 Å². The van der Waals surface area contributed by atoms with Crippen LogP contribution < -0.4 is 10.3 Å². The third kappa shape index (κ3) is 4.11. The summed E-state index contributed by atoms with van der Waals surface area (Å²) in [5.41, 5.74) is 0.774. The number of nitrogens with zero attached hydrogens (tertiary/aromatic N) is 2. The van der Waals surface area contributed by atoms with Crippen LogP contribution in [-0.4, -0.2) is 33.6 Å². The van der Waals surface area contributed by atoms with Crippen molar-refractivity contribution in [3.8, 4) is 5.75 Å². The highest BCUT2D eigenvalue weighted by Gasteiger charge is 2.35. The van der Waals surface area contributed by atoms with Crippen LogP contribution >= 0.6 is 11.8 Å². The molecule has 1 fully saturated rings. The van der Waals surface area contributed by atoms with Crippen molar-refractivity contribution in [1.82, 2.24) is 9.78 Å². The minimum absolute atomic E-state index is 0.0712. The number of H-pyrrole nitrogens is 1. The lowest BCUT2D eigenvalue weighted by Crippen LogP contribution is -2.35. The first-order valence-corrected chi connectivity index (χ1v) is 10.4. The van der Waals surface area contributed by atoms with Crippen molar-refractivity contribution >= 4 is 22.6 Å². The van der Waals surface area contributed by atoms with Crippen LogP contribution in [0, 0.1) is 0 Å². The molecule has 3 heterocycles. The Morgan fingerprint density at radius 3 is 2.93 bits per heavy atom. The summed E-state index contributed by atoms with van der Waals surface area (Å²) in [7, 11) is 0. The number of ether oxygens (including phenoxy) is 2. The average molecular weight is 423 g/mol. The van der Waals surface area contributed by atoms with Crippen molar-refractivity contribution < 1.29 is 18.3 Å². The largest absolute Gasteiger partial charge is 0.435 e. The number of fused-ring (bicyclic) bond motifs is 1. The maximum atomic E-state index is 12.9. The monoisotopic (exact) mass is 423 g/mol. The Morgan fingerprint density at radius 2 is 2.21 bits per heavy atom. The van der Waals surface area contributed by atoms with E-state index in [4.69, 9.17) is 4.74 Å². The van der Waals surface area contributed by atoms with Crippen molar-refractivity contribution in [1.29, 1.82) is 0 Å². The molecule has 6 nitrogen and oxygen atoms in total. The molecule has 0 amide bonds. The van der Waals surface area contributed by atoms with Gasteiger partial charge in [-0.1, -0.05) is 23.9 Å². The number of hydrogen-bond donors (Lipinski definition) is 1. The predicted molar refractivity (Wildman–Crippen MR) is 109 cm³/mol. The van der Waals surface area contributed by atoms with Crippen LogP contribution in [0.3, 0.4) is 0 Å². The fourth-order valence-electron chi connectivity index (χ4n) is 3.98. The summed E-state index contributed by atoms with van der Waals surface area (Å²) >= 11 is 1.43. The van der Waals surface area contributed by atoms with E-state index in [-0.39, 0.29) is 28.2 Å². The Balaban J connectivity index is 1.75. The zero-order valence-electron chi connectivity index (χ0n) is 16.4. The Kier molecular flexibility index (Phi) is 5.29. The third-order valence-electron chi connectivity index (χ3n) is 5.17. The molecule has 1 saturated heterocycles. The quantitative estimate of drug-likeness (QED) is 0.767. The molecule has 0 aliphatic carbocycles. The molecule has 29 heavy (non-hydrogen) atoms. The Hall–Kier alpha value is -2.13. The number of alkyl halides is 2. The van der Waals surface area contributed by atoms with Gasteiger partial charge < -0.3 is 9.47 Å². The molecule has 2 aliphatic heterocycles. The molecule has 0 bridgehead atoms. The lowest BCUT2D eigenvalue weighted by molar-refractivity contribution is -0.0705. The summed E-state index contributed by atoms with van der Waals surface area (Å²) in [5, 5.41) is 3.43. The summed E-state index contributed by atoms with van der Waals surface area (Å²) in [4.78, 5) is 17.6. The van der Waals surface area contributed by atoms with Crippen LogP contribution in [0.2, 0.25) is 0 Å². The van der Waals surface area contributed by atoms with E-state index in [0.717, 1.165) is 23.4 Å². The van der Waals surface area contributed by atoms with Crippen LogP contribution in [0.5, 0.6) is 5.75 Å². The molecule has 156 valence electrons. The highest BCUT2D eigenvalue weighted by atomic mass is 32.2. The van der Waals surface area contributed by atoms with Gasteiger partial charge in [-0.3, -0.25) is 14.6 Å². The number of aliphatic imine (C=N–C) groups is 1. The number of hydrogen-bond acceptors (Lipinski definition) is 5. The second-order valence-corrected chi connectivity index (χ2v) is 9.18. The molecule has 1 N–H and O–H groups in total. The van der Waals surface area contributed by atoms with Gasteiger partial charge in [0.25, 0.3) is 5.56 Å². The average Bonchev–Trinajstić information content (AvgIpc) is 2.96. The molecule has 2 atom stereocenters. The normalized spacial score (nSPS) is 23.6. The Bertz CT molecular complexity index is 999. The van der Waals surface area contributed by atoms with E-state index in [1.54, 1.807) is 12.1 Å². The first-order chi connectivity index (χ1) is 13.7. The fraction of sp³-hybridized carbons (Fsp3) is 0.500. The maximum Gasteiger partial charge on any atom is 0.387 e. The second-order valence-electron chi connectivity index (χ2n) is 7.88. The number of benzene rings is 1. The molecule has 2 aromatic rings. The molecule has 1 aromatic carbocycles. The standard InChI is InChI=1S/C20H23F2N3O3S/c1-11-23-17-15(16(29-11)12-5-4-6-14(9-12)28-19(21)22)18(26)24-25(17)13-7-8-27-20(2,3)10-13/h4-6,9,13,16,19H,7-8,10H2,1-3H3,(H,24,26)/t13-,16-/m1/s1. The molecule has 0 spiro atoms. The van der Waals surface area contributed by atoms with E-state index >= 15 is 0 Å². The molecule has 9 heteroatoms. The van der Waals surface area contributed by atoms with Crippen LogP contribution in [0.4, 0.5) is 14.6 Å². The van der Waals surface area contributed by atoms with Crippen molar-refractivity contribution in [3.05, 3.63) is 45.7 Å². The summed E-state index contributed by atoms with van der Waals surface area (Å²) < 4.78 is 37.4. The van der Waals surface area contributed by atoms with E-state index in [1.165, 1.54) is 17.8 Å². The summed E-state index contributed by atoms with van der Waals surface area (Å²) in [6, 6.07) is 6.57. The van der Waals surface area contributed by atoms with Crippen molar-refractivity contribution in [3.63, 3.8) is 0 Å². The molecule has 0 unspecified atom stereocenters. The van der Waals surface area contributed by atoms with Crippen molar-refractivity contribution in [2.24, 2.45) is 4.99 Å². The zero-order valence-corrected chi connectivity index (χ0v) is 17.3. The molecule has 0 radical (unpaired) electrons. The molecular weight excluding hydrogens is 400 g/mol. The minimum atomic E-state index is -2.90. The van der Waals surface area contributed by atoms with Crippen LogP contribution in [0.1, 0.15) is 56.0 Å². The molecule has 1 aromatic heterocycles. The van der Waals surface area contributed by atoms with E-state index in [1.807, 2.05) is 31.5 Å². The number of halogens is 2. The zero-order chi connectivity index (χ0) is 20.8. The predicted octanol–water partition coefficient (Wildman–Crippen LogP) is 4.79. The topological polar surface area (TPSA) is 68.6 Å².